The van der Waals surface area contributed by atoms with E-state index >= 15 is 0 Å². The van der Waals surface area contributed by atoms with Crippen LogP contribution in [-0.2, 0) is 9.53 Å². The summed E-state index contributed by atoms with van der Waals surface area (Å²) in [6, 6.07) is 0. The molecular formula is C8H12O2. The first kappa shape index (κ1) is 9.03. The first-order chi connectivity index (χ1) is 4.72. The Bertz CT molecular complexity index is 162. The Morgan fingerprint density at radius 3 is 2.70 bits per heavy atom. The van der Waals surface area contributed by atoms with Crippen molar-refractivity contribution in [3.63, 3.8) is 0 Å². The van der Waals surface area contributed by atoms with Gasteiger partial charge in [-0.15, -0.1) is 11.8 Å². The molecule has 0 aliphatic rings. The monoisotopic (exact) mass is 140 g/mol. The van der Waals surface area contributed by atoms with Gasteiger partial charge in [-0.05, 0) is 6.92 Å². The van der Waals surface area contributed by atoms with Crippen LogP contribution in [0.1, 0.15) is 20.3 Å². The minimum Gasteiger partial charge on any atom is -0.469 e. The summed E-state index contributed by atoms with van der Waals surface area (Å²) in [4.78, 5) is 10.7. The van der Waals surface area contributed by atoms with Gasteiger partial charge < -0.3 is 4.74 Å². The molecule has 0 aromatic carbocycles. The van der Waals surface area contributed by atoms with Gasteiger partial charge in [-0.25, -0.2) is 0 Å². The molecule has 0 saturated carbocycles. The second-order valence-electron chi connectivity index (χ2n) is 2.06. The third-order valence-electron chi connectivity index (χ3n) is 1.19. The zero-order valence-electron chi connectivity index (χ0n) is 6.60. The minimum absolute atomic E-state index is 0.0996. The van der Waals surface area contributed by atoms with E-state index in [4.69, 9.17) is 0 Å². The Kier molecular flexibility index (Phi) is 4.39. The van der Waals surface area contributed by atoms with Crippen LogP contribution in [0.25, 0.3) is 0 Å². The second-order valence-corrected chi connectivity index (χ2v) is 2.06. The summed E-state index contributed by atoms with van der Waals surface area (Å²) in [5.74, 6) is 5.24. The van der Waals surface area contributed by atoms with E-state index < -0.39 is 0 Å². The maximum atomic E-state index is 10.7. The Morgan fingerprint density at radius 2 is 2.30 bits per heavy atom. The number of hydrogen-bond donors (Lipinski definition) is 0. The zero-order valence-corrected chi connectivity index (χ0v) is 6.60. The number of carbonyl (C=O) groups excluding carboxylic acids is 1. The molecule has 1 atom stereocenters. The highest BCUT2D eigenvalue weighted by Gasteiger charge is 2.09. The molecule has 0 heterocycles. The molecule has 0 aromatic heterocycles. The van der Waals surface area contributed by atoms with Gasteiger partial charge in [0, 0.05) is 6.42 Å². The van der Waals surface area contributed by atoms with Crippen LogP contribution in [0.4, 0.5) is 0 Å². The van der Waals surface area contributed by atoms with Crippen molar-refractivity contribution in [2.75, 3.05) is 7.11 Å². The third-order valence-corrected chi connectivity index (χ3v) is 1.19. The third kappa shape index (κ3) is 3.13. The quantitative estimate of drug-likeness (QED) is 0.425. The average molecular weight is 140 g/mol. The molecule has 0 aliphatic heterocycles. The molecule has 0 N–H and O–H groups in total. The second kappa shape index (κ2) is 4.87. The van der Waals surface area contributed by atoms with Crippen LogP contribution in [0.3, 0.4) is 0 Å². The van der Waals surface area contributed by atoms with Crippen molar-refractivity contribution in [3.05, 3.63) is 0 Å². The fourth-order valence-corrected chi connectivity index (χ4v) is 0.540. The largest absolute Gasteiger partial charge is 0.469 e. The highest BCUT2D eigenvalue weighted by atomic mass is 16.5. The first-order valence-corrected chi connectivity index (χ1v) is 3.19. The fraction of sp³-hybridized carbons (Fsp3) is 0.625. The molecule has 0 aromatic rings. The molecule has 1 unspecified atom stereocenters. The lowest BCUT2D eigenvalue weighted by Crippen LogP contribution is -2.11. The van der Waals surface area contributed by atoms with E-state index in [-0.39, 0.29) is 11.9 Å². The van der Waals surface area contributed by atoms with E-state index in [0.29, 0.717) is 6.42 Å². The number of methoxy groups -OCH3 is 1. The van der Waals surface area contributed by atoms with Gasteiger partial charge in [0.05, 0.1) is 13.0 Å². The van der Waals surface area contributed by atoms with Crippen molar-refractivity contribution in [3.8, 4) is 11.8 Å². The van der Waals surface area contributed by atoms with E-state index in [1.54, 1.807) is 13.8 Å². The predicted octanol–water partition coefficient (Wildman–Crippen LogP) is 1.21. The van der Waals surface area contributed by atoms with Crippen molar-refractivity contribution in [1.29, 1.82) is 0 Å². The lowest BCUT2D eigenvalue weighted by molar-refractivity contribution is -0.144. The molecule has 0 spiro atoms. The van der Waals surface area contributed by atoms with Crippen molar-refractivity contribution in [2.24, 2.45) is 5.92 Å². The van der Waals surface area contributed by atoms with Gasteiger partial charge in [-0.2, -0.15) is 0 Å². The maximum Gasteiger partial charge on any atom is 0.309 e. The van der Waals surface area contributed by atoms with Crippen molar-refractivity contribution < 1.29 is 9.53 Å². The lowest BCUT2D eigenvalue weighted by Gasteiger charge is -2.02. The smallest absolute Gasteiger partial charge is 0.309 e. The number of esters is 1. The Labute approximate surface area is 61.6 Å². The lowest BCUT2D eigenvalue weighted by atomic mass is 10.1. The van der Waals surface area contributed by atoms with Crippen LogP contribution in [-0.4, -0.2) is 13.1 Å². The first-order valence-electron chi connectivity index (χ1n) is 3.19. The standard InChI is InChI=1S/C8H12O2/c1-4-5-6-7(2)8(9)10-3/h7H,6H2,1-3H3. The average Bonchev–Trinajstić information content (AvgIpc) is 1.98. The highest BCUT2D eigenvalue weighted by Crippen LogP contribution is 2.01. The van der Waals surface area contributed by atoms with Crippen LogP contribution >= 0.6 is 0 Å². The van der Waals surface area contributed by atoms with Crippen molar-refractivity contribution >= 4 is 5.97 Å². The zero-order chi connectivity index (χ0) is 7.98. The van der Waals surface area contributed by atoms with Crippen LogP contribution < -0.4 is 0 Å². The highest BCUT2D eigenvalue weighted by molar-refractivity contribution is 5.72. The Morgan fingerprint density at radius 1 is 1.70 bits per heavy atom. The van der Waals surface area contributed by atoms with Gasteiger partial charge >= 0.3 is 5.97 Å². The van der Waals surface area contributed by atoms with Crippen LogP contribution in [0.5, 0.6) is 0 Å². The molecule has 10 heavy (non-hydrogen) atoms. The number of carbonyl (C=O) groups is 1. The number of ether oxygens (including phenoxy) is 1. The van der Waals surface area contributed by atoms with E-state index in [0.717, 1.165) is 0 Å². The van der Waals surface area contributed by atoms with E-state index in [1.807, 2.05) is 0 Å². The van der Waals surface area contributed by atoms with E-state index in [9.17, 15) is 4.79 Å². The summed E-state index contributed by atoms with van der Waals surface area (Å²) < 4.78 is 4.50. The van der Waals surface area contributed by atoms with Crippen LogP contribution in [0.15, 0.2) is 0 Å². The molecular weight excluding hydrogens is 128 g/mol. The van der Waals surface area contributed by atoms with E-state index in [2.05, 4.69) is 16.6 Å². The molecule has 0 saturated heterocycles. The van der Waals surface area contributed by atoms with E-state index in [1.165, 1.54) is 7.11 Å². The Balaban J connectivity index is 3.69. The molecule has 0 aliphatic carbocycles. The van der Waals surface area contributed by atoms with Gasteiger partial charge in [-0.1, -0.05) is 6.92 Å². The molecule has 56 valence electrons. The minimum atomic E-state index is -0.192. The summed E-state index contributed by atoms with van der Waals surface area (Å²) in [6.07, 6.45) is 0.586. The van der Waals surface area contributed by atoms with Crippen LogP contribution in [0.2, 0.25) is 0 Å². The summed E-state index contributed by atoms with van der Waals surface area (Å²) in [6.45, 7) is 3.56. The number of hydrogen-bond acceptors (Lipinski definition) is 2. The predicted molar refractivity (Wildman–Crippen MR) is 39.2 cm³/mol. The summed E-state index contributed by atoms with van der Waals surface area (Å²) in [5.41, 5.74) is 0. The molecule has 2 nitrogen and oxygen atoms in total. The van der Waals surface area contributed by atoms with Crippen molar-refractivity contribution in [2.45, 2.75) is 20.3 Å². The topological polar surface area (TPSA) is 26.3 Å². The van der Waals surface area contributed by atoms with Gasteiger partial charge in [0.1, 0.15) is 0 Å². The summed E-state index contributed by atoms with van der Waals surface area (Å²) >= 11 is 0. The van der Waals surface area contributed by atoms with Gasteiger partial charge in [-0.3, -0.25) is 4.79 Å². The fourth-order valence-electron chi connectivity index (χ4n) is 0.540. The van der Waals surface area contributed by atoms with Crippen molar-refractivity contribution in [1.82, 2.24) is 0 Å². The van der Waals surface area contributed by atoms with Gasteiger partial charge in [0.15, 0.2) is 0 Å². The molecule has 0 fully saturated rings. The molecule has 2 heteroatoms. The maximum absolute atomic E-state index is 10.7. The van der Waals surface area contributed by atoms with Gasteiger partial charge in [0.25, 0.3) is 0 Å². The van der Waals surface area contributed by atoms with Crippen LogP contribution in [0, 0.1) is 17.8 Å². The molecule has 0 bridgehead atoms. The summed E-state index contributed by atoms with van der Waals surface area (Å²) in [5, 5.41) is 0. The molecule has 0 rings (SSSR count). The van der Waals surface area contributed by atoms with Gasteiger partial charge in [0.2, 0.25) is 0 Å². The normalized spacial score (nSPS) is 11.1. The molecule has 0 amide bonds. The summed E-state index contributed by atoms with van der Waals surface area (Å²) in [7, 11) is 1.39. The molecule has 0 radical (unpaired) electrons. The number of rotatable bonds is 2. The Hall–Kier alpha value is -0.970. The SMILES string of the molecule is CC#CCC(C)C(=O)OC.